The minimum absolute atomic E-state index is 0.285. The lowest BCUT2D eigenvalue weighted by atomic mass is 9.87. The Labute approximate surface area is 108 Å². The van der Waals surface area contributed by atoms with Crippen LogP contribution in [0.2, 0.25) is 0 Å². The second kappa shape index (κ2) is 8.33. The van der Waals surface area contributed by atoms with Gasteiger partial charge in [-0.15, -0.1) is 0 Å². The van der Waals surface area contributed by atoms with E-state index in [9.17, 15) is 0 Å². The molecule has 0 unspecified atom stereocenters. The van der Waals surface area contributed by atoms with E-state index in [1.165, 1.54) is 36.8 Å². The summed E-state index contributed by atoms with van der Waals surface area (Å²) in [6.45, 7) is 13.3. The van der Waals surface area contributed by atoms with Crippen LogP contribution in [0.3, 0.4) is 0 Å². The standard InChI is InChI=1S/C11H16.C6H14/c1-9-5-7-10(8-6-9)11(2,3)4;1-3-5-6-4-2/h5-8H,1-4H3;3-6H2,1-2H3. The van der Waals surface area contributed by atoms with Gasteiger partial charge in [-0.1, -0.05) is 90.1 Å². The monoisotopic (exact) mass is 234 g/mol. The highest BCUT2D eigenvalue weighted by Gasteiger charge is 2.11. The second-order valence-electron chi connectivity index (χ2n) is 5.82. The predicted molar refractivity (Wildman–Crippen MR) is 79.7 cm³/mol. The molecule has 0 heteroatoms. The number of rotatable bonds is 3. The number of aryl methyl sites for hydroxylation is 1. The summed E-state index contributed by atoms with van der Waals surface area (Å²) in [6, 6.07) is 8.74. The third-order valence-electron chi connectivity index (χ3n) is 2.87. The van der Waals surface area contributed by atoms with Crippen molar-refractivity contribution < 1.29 is 0 Å². The van der Waals surface area contributed by atoms with Gasteiger partial charge in [-0.05, 0) is 17.9 Å². The number of benzene rings is 1. The van der Waals surface area contributed by atoms with Crippen LogP contribution in [0.4, 0.5) is 0 Å². The SMILES string of the molecule is CCCCCC.Cc1ccc(C(C)(C)C)cc1. The fourth-order valence-electron chi connectivity index (χ4n) is 1.55. The molecule has 0 aliphatic heterocycles. The van der Waals surface area contributed by atoms with Gasteiger partial charge in [-0.2, -0.15) is 0 Å². The fraction of sp³-hybridized carbons (Fsp3) is 0.647. The molecule has 1 aromatic carbocycles. The zero-order valence-corrected chi connectivity index (χ0v) is 12.6. The van der Waals surface area contributed by atoms with E-state index in [2.05, 4.69) is 65.8 Å². The summed E-state index contributed by atoms with van der Waals surface area (Å²) in [5, 5.41) is 0. The first-order valence-electron chi connectivity index (χ1n) is 6.99. The van der Waals surface area contributed by atoms with Crippen LogP contribution in [0.25, 0.3) is 0 Å². The van der Waals surface area contributed by atoms with Gasteiger partial charge in [0.1, 0.15) is 0 Å². The van der Waals surface area contributed by atoms with E-state index < -0.39 is 0 Å². The predicted octanol–water partition coefficient (Wildman–Crippen LogP) is 5.88. The molecule has 0 saturated carbocycles. The van der Waals surface area contributed by atoms with Crippen LogP contribution in [-0.2, 0) is 5.41 Å². The average Bonchev–Trinajstić information content (AvgIpc) is 2.26. The first-order chi connectivity index (χ1) is 7.91. The Morgan fingerprint density at radius 2 is 1.24 bits per heavy atom. The lowest BCUT2D eigenvalue weighted by molar-refractivity contribution is 0.590. The summed E-state index contributed by atoms with van der Waals surface area (Å²) < 4.78 is 0. The Hall–Kier alpha value is -0.780. The summed E-state index contributed by atoms with van der Waals surface area (Å²) >= 11 is 0. The maximum atomic E-state index is 2.23. The van der Waals surface area contributed by atoms with Gasteiger partial charge in [0.25, 0.3) is 0 Å². The summed E-state index contributed by atoms with van der Waals surface area (Å²) in [5.74, 6) is 0. The summed E-state index contributed by atoms with van der Waals surface area (Å²) in [7, 11) is 0. The van der Waals surface area contributed by atoms with E-state index in [-0.39, 0.29) is 5.41 Å². The van der Waals surface area contributed by atoms with Crippen molar-refractivity contribution in [3.8, 4) is 0 Å². The maximum Gasteiger partial charge on any atom is -0.0132 e. The van der Waals surface area contributed by atoms with E-state index in [0.29, 0.717) is 0 Å². The van der Waals surface area contributed by atoms with Crippen molar-refractivity contribution >= 4 is 0 Å². The number of hydrogen-bond acceptors (Lipinski definition) is 0. The molecule has 0 bridgehead atoms. The first-order valence-corrected chi connectivity index (χ1v) is 6.99. The van der Waals surface area contributed by atoms with E-state index >= 15 is 0 Å². The summed E-state index contributed by atoms with van der Waals surface area (Å²) in [4.78, 5) is 0. The number of hydrogen-bond donors (Lipinski definition) is 0. The van der Waals surface area contributed by atoms with Crippen molar-refractivity contribution in [3.63, 3.8) is 0 Å². The van der Waals surface area contributed by atoms with Gasteiger partial charge < -0.3 is 0 Å². The molecule has 0 aliphatic rings. The van der Waals surface area contributed by atoms with Gasteiger partial charge >= 0.3 is 0 Å². The summed E-state index contributed by atoms with van der Waals surface area (Å²) in [6.07, 6.45) is 5.54. The van der Waals surface area contributed by atoms with Crippen LogP contribution < -0.4 is 0 Å². The molecule has 0 amide bonds. The Morgan fingerprint density at radius 3 is 1.53 bits per heavy atom. The molecular formula is C17H30. The molecule has 0 fully saturated rings. The first kappa shape index (κ1) is 16.2. The van der Waals surface area contributed by atoms with E-state index in [4.69, 9.17) is 0 Å². The third kappa shape index (κ3) is 8.01. The molecule has 1 aromatic rings. The highest BCUT2D eigenvalue weighted by atomic mass is 14.2. The Balaban J connectivity index is 0.000000366. The van der Waals surface area contributed by atoms with Gasteiger partial charge in [-0.3, -0.25) is 0 Å². The zero-order chi connectivity index (χ0) is 13.3. The quantitative estimate of drug-likeness (QED) is 0.573. The van der Waals surface area contributed by atoms with Crippen molar-refractivity contribution in [1.82, 2.24) is 0 Å². The van der Waals surface area contributed by atoms with Crippen molar-refractivity contribution in [1.29, 1.82) is 0 Å². The van der Waals surface area contributed by atoms with Gasteiger partial charge in [0.2, 0.25) is 0 Å². The molecule has 0 heterocycles. The van der Waals surface area contributed by atoms with Gasteiger partial charge in [0.05, 0.1) is 0 Å². The molecule has 0 spiro atoms. The van der Waals surface area contributed by atoms with Gasteiger partial charge in [0.15, 0.2) is 0 Å². The zero-order valence-electron chi connectivity index (χ0n) is 12.6. The molecule has 0 nitrogen and oxygen atoms in total. The molecule has 1 rings (SSSR count). The molecule has 0 N–H and O–H groups in total. The lowest BCUT2D eigenvalue weighted by Crippen LogP contribution is -2.10. The largest absolute Gasteiger partial charge is 0.0654 e. The van der Waals surface area contributed by atoms with Crippen molar-refractivity contribution in [2.75, 3.05) is 0 Å². The average molecular weight is 234 g/mol. The number of unbranched alkanes of at least 4 members (excludes halogenated alkanes) is 3. The highest BCUT2D eigenvalue weighted by Crippen LogP contribution is 2.21. The van der Waals surface area contributed by atoms with Crippen LogP contribution in [0.15, 0.2) is 24.3 Å². The molecule has 0 saturated heterocycles. The van der Waals surface area contributed by atoms with Crippen molar-refractivity contribution in [3.05, 3.63) is 35.4 Å². The van der Waals surface area contributed by atoms with Crippen LogP contribution in [0.1, 0.15) is 71.4 Å². The highest BCUT2D eigenvalue weighted by molar-refractivity contribution is 5.26. The molecular weight excluding hydrogens is 204 g/mol. The Morgan fingerprint density at radius 1 is 0.824 bits per heavy atom. The molecule has 17 heavy (non-hydrogen) atoms. The van der Waals surface area contributed by atoms with Crippen LogP contribution >= 0.6 is 0 Å². The van der Waals surface area contributed by atoms with Crippen LogP contribution in [0.5, 0.6) is 0 Å². The molecule has 0 atom stereocenters. The van der Waals surface area contributed by atoms with E-state index in [0.717, 1.165) is 0 Å². The normalized spacial score (nSPS) is 10.7. The minimum Gasteiger partial charge on any atom is -0.0654 e. The molecule has 0 radical (unpaired) electrons. The van der Waals surface area contributed by atoms with Gasteiger partial charge in [0, 0.05) is 0 Å². The molecule has 98 valence electrons. The molecule has 0 aromatic heterocycles. The Bertz CT molecular complexity index is 270. The van der Waals surface area contributed by atoms with Crippen LogP contribution in [0, 0.1) is 6.92 Å². The third-order valence-corrected chi connectivity index (χ3v) is 2.87. The lowest BCUT2D eigenvalue weighted by Gasteiger charge is -2.18. The molecule has 0 aliphatic carbocycles. The van der Waals surface area contributed by atoms with E-state index in [1.54, 1.807) is 0 Å². The van der Waals surface area contributed by atoms with E-state index in [1.807, 2.05) is 0 Å². The van der Waals surface area contributed by atoms with Gasteiger partial charge in [-0.25, -0.2) is 0 Å². The van der Waals surface area contributed by atoms with Crippen molar-refractivity contribution in [2.24, 2.45) is 0 Å². The van der Waals surface area contributed by atoms with Crippen molar-refractivity contribution in [2.45, 2.75) is 72.6 Å². The second-order valence-corrected chi connectivity index (χ2v) is 5.82. The topological polar surface area (TPSA) is 0 Å². The smallest absolute Gasteiger partial charge is 0.0132 e. The maximum absolute atomic E-state index is 2.23. The summed E-state index contributed by atoms with van der Waals surface area (Å²) in [5.41, 5.74) is 3.02. The minimum atomic E-state index is 0.285. The fourth-order valence-corrected chi connectivity index (χ4v) is 1.55. The Kier molecular flexibility index (Phi) is 7.95. The van der Waals surface area contributed by atoms with Crippen LogP contribution in [-0.4, -0.2) is 0 Å².